The van der Waals surface area contributed by atoms with E-state index in [9.17, 15) is 4.79 Å². The fourth-order valence-electron chi connectivity index (χ4n) is 3.13. The van der Waals surface area contributed by atoms with Gasteiger partial charge in [0.25, 0.3) is 0 Å². The molecule has 0 fully saturated rings. The number of aromatic nitrogens is 2. The van der Waals surface area contributed by atoms with Crippen LogP contribution in [0.2, 0.25) is 5.02 Å². The van der Waals surface area contributed by atoms with Crippen LogP contribution in [-0.2, 0) is 11.3 Å². The molecule has 0 saturated carbocycles. The number of benzene rings is 3. The second-order valence-corrected chi connectivity index (χ2v) is 7.27. The number of imidazole rings is 1. The minimum atomic E-state index is -0.450. The molecule has 0 radical (unpaired) electrons. The van der Waals surface area contributed by atoms with E-state index in [2.05, 4.69) is 9.97 Å². The number of H-pyrrole nitrogens is 1. The molecule has 0 aliphatic rings. The van der Waals surface area contributed by atoms with Crippen molar-refractivity contribution in [1.82, 2.24) is 9.97 Å². The number of esters is 1. The lowest BCUT2D eigenvalue weighted by Crippen LogP contribution is -2.06. The number of nitrogens with zero attached hydrogens (tertiary/aromatic N) is 1. The van der Waals surface area contributed by atoms with Gasteiger partial charge in [0.1, 0.15) is 23.9 Å². The Morgan fingerprint density at radius 2 is 1.61 bits per heavy atom. The first kappa shape index (κ1) is 20.7. The van der Waals surface area contributed by atoms with Gasteiger partial charge >= 0.3 is 5.97 Å². The Balaban J connectivity index is 1.59. The molecule has 31 heavy (non-hydrogen) atoms. The van der Waals surface area contributed by atoms with Crippen molar-refractivity contribution < 1.29 is 14.3 Å². The third kappa shape index (κ3) is 4.95. The molecule has 0 aliphatic heterocycles. The summed E-state index contributed by atoms with van der Waals surface area (Å²) >= 11 is 6.00. The van der Waals surface area contributed by atoms with Crippen LogP contribution >= 0.6 is 11.6 Å². The van der Waals surface area contributed by atoms with E-state index in [0.29, 0.717) is 28.8 Å². The van der Waals surface area contributed by atoms with E-state index in [-0.39, 0.29) is 6.61 Å². The number of hydrogen-bond acceptors (Lipinski definition) is 4. The van der Waals surface area contributed by atoms with Crippen molar-refractivity contribution in [3.63, 3.8) is 0 Å². The van der Waals surface area contributed by atoms with Gasteiger partial charge in [-0.05, 0) is 48.9 Å². The maximum Gasteiger partial charge on any atom is 0.357 e. The lowest BCUT2D eigenvalue weighted by atomic mass is 10.1. The number of aromatic amines is 1. The summed E-state index contributed by atoms with van der Waals surface area (Å²) in [5.74, 6) is 0.874. The van der Waals surface area contributed by atoms with E-state index in [1.807, 2.05) is 66.7 Å². The molecule has 4 rings (SSSR count). The number of carbonyl (C=O) groups is 1. The molecule has 5 nitrogen and oxygen atoms in total. The number of hydrogen-bond donors (Lipinski definition) is 1. The van der Waals surface area contributed by atoms with Crippen LogP contribution in [0.3, 0.4) is 0 Å². The van der Waals surface area contributed by atoms with Crippen LogP contribution < -0.4 is 4.74 Å². The van der Waals surface area contributed by atoms with Crippen molar-refractivity contribution in [2.45, 2.75) is 13.5 Å². The Bertz CT molecular complexity index is 1150. The van der Waals surface area contributed by atoms with Crippen LogP contribution in [0.25, 0.3) is 22.6 Å². The second kappa shape index (κ2) is 9.49. The van der Waals surface area contributed by atoms with Gasteiger partial charge in [0.05, 0.1) is 6.61 Å². The second-order valence-electron chi connectivity index (χ2n) is 6.84. The predicted octanol–water partition coefficient (Wildman–Crippen LogP) is 6.15. The molecule has 0 bridgehead atoms. The molecule has 0 saturated heterocycles. The Labute approximate surface area is 185 Å². The molecular weight excluding hydrogens is 412 g/mol. The highest BCUT2D eigenvalue weighted by atomic mass is 35.5. The smallest absolute Gasteiger partial charge is 0.357 e. The number of rotatable bonds is 7. The largest absolute Gasteiger partial charge is 0.489 e. The van der Waals surface area contributed by atoms with Crippen LogP contribution in [-0.4, -0.2) is 22.5 Å². The summed E-state index contributed by atoms with van der Waals surface area (Å²) in [6.45, 7) is 2.54. The van der Waals surface area contributed by atoms with E-state index in [1.54, 1.807) is 19.1 Å². The van der Waals surface area contributed by atoms with Gasteiger partial charge in [-0.2, -0.15) is 0 Å². The van der Waals surface area contributed by atoms with Gasteiger partial charge in [-0.25, -0.2) is 9.78 Å². The van der Waals surface area contributed by atoms with Gasteiger partial charge in [0.15, 0.2) is 5.69 Å². The van der Waals surface area contributed by atoms with E-state index in [4.69, 9.17) is 21.1 Å². The van der Waals surface area contributed by atoms with Gasteiger partial charge in [0.2, 0.25) is 0 Å². The maximum atomic E-state index is 12.5. The van der Waals surface area contributed by atoms with Crippen molar-refractivity contribution in [2.75, 3.05) is 6.61 Å². The molecule has 156 valence electrons. The Kier molecular flexibility index (Phi) is 6.34. The number of carbonyl (C=O) groups excluding carboxylic acids is 1. The average Bonchev–Trinajstić information content (AvgIpc) is 3.25. The summed E-state index contributed by atoms with van der Waals surface area (Å²) < 4.78 is 11.0. The Morgan fingerprint density at radius 3 is 2.29 bits per heavy atom. The molecule has 0 aliphatic carbocycles. The monoisotopic (exact) mass is 432 g/mol. The molecule has 3 aromatic carbocycles. The van der Waals surface area contributed by atoms with E-state index >= 15 is 0 Å². The Morgan fingerprint density at radius 1 is 0.935 bits per heavy atom. The van der Waals surface area contributed by atoms with Crippen molar-refractivity contribution in [2.24, 2.45) is 0 Å². The highest BCUT2D eigenvalue weighted by Crippen LogP contribution is 2.29. The zero-order valence-corrected chi connectivity index (χ0v) is 17.7. The maximum absolute atomic E-state index is 12.5. The van der Waals surface area contributed by atoms with Crippen molar-refractivity contribution in [1.29, 1.82) is 0 Å². The lowest BCUT2D eigenvalue weighted by Gasteiger charge is -2.06. The molecule has 4 aromatic rings. The van der Waals surface area contributed by atoms with Crippen molar-refractivity contribution >= 4 is 17.6 Å². The summed E-state index contributed by atoms with van der Waals surface area (Å²) in [4.78, 5) is 20.3. The Hall–Kier alpha value is -3.57. The molecule has 6 heteroatoms. The number of ether oxygens (including phenoxy) is 2. The van der Waals surface area contributed by atoms with Crippen molar-refractivity contribution in [3.05, 3.63) is 95.1 Å². The predicted molar refractivity (Wildman–Crippen MR) is 121 cm³/mol. The van der Waals surface area contributed by atoms with Crippen LogP contribution in [0.15, 0.2) is 78.9 Å². The first-order chi connectivity index (χ1) is 15.1. The van der Waals surface area contributed by atoms with Crippen LogP contribution in [0.1, 0.15) is 23.0 Å². The molecule has 0 amide bonds. The standard InChI is InChI=1S/C25H21ClN2O3/c1-2-30-25(29)23-22(18-8-12-20(26)13-9-18)27-24(28-23)19-10-14-21(15-11-19)31-16-17-6-4-3-5-7-17/h3-15H,2,16H2,1H3,(H,27,28). The quantitative estimate of drug-likeness (QED) is 0.355. The van der Waals surface area contributed by atoms with Crippen LogP contribution in [0.4, 0.5) is 0 Å². The average molecular weight is 433 g/mol. The molecule has 1 heterocycles. The van der Waals surface area contributed by atoms with E-state index in [1.165, 1.54) is 0 Å². The van der Waals surface area contributed by atoms with Crippen molar-refractivity contribution in [3.8, 4) is 28.4 Å². The molecule has 0 unspecified atom stereocenters. The summed E-state index contributed by atoms with van der Waals surface area (Å²) in [6.07, 6.45) is 0. The SMILES string of the molecule is CCOC(=O)c1[nH]c(-c2ccc(OCc3ccccc3)cc2)nc1-c1ccc(Cl)cc1. The van der Waals surface area contributed by atoms with Gasteiger partial charge in [-0.1, -0.05) is 54.1 Å². The molecule has 0 spiro atoms. The van der Waals surface area contributed by atoms with E-state index in [0.717, 1.165) is 22.4 Å². The zero-order chi connectivity index (χ0) is 21.6. The highest BCUT2D eigenvalue weighted by molar-refractivity contribution is 6.30. The fourth-order valence-corrected chi connectivity index (χ4v) is 3.25. The van der Waals surface area contributed by atoms with Gasteiger partial charge in [-0.3, -0.25) is 0 Å². The van der Waals surface area contributed by atoms with Gasteiger partial charge in [-0.15, -0.1) is 0 Å². The summed E-state index contributed by atoms with van der Waals surface area (Å²) in [6, 6.07) is 24.7. The lowest BCUT2D eigenvalue weighted by molar-refractivity contribution is 0.0521. The van der Waals surface area contributed by atoms with Gasteiger partial charge < -0.3 is 14.5 Å². The summed E-state index contributed by atoms with van der Waals surface area (Å²) in [5, 5.41) is 0.614. The topological polar surface area (TPSA) is 64.2 Å². The summed E-state index contributed by atoms with van der Waals surface area (Å²) in [5.41, 5.74) is 3.54. The molecule has 1 aromatic heterocycles. The molecular formula is C25H21ClN2O3. The first-order valence-electron chi connectivity index (χ1n) is 9.94. The minimum Gasteiger partial charge on any atom is -0.489 e. The first-order valence-corrected chi connectivity index (χ1v) is 10.3. The van der Waals surface area contributed by atoms with Crippen LogP contribution in [0.5, 0.6) is 5.75 Å². The summed E-state index contributed by atoms with van der Waals surface area (Å²) in [7, 11) is 0. The van der Waals surface area contributed by atoms with Crippen LogP contribution in [0, 0.1) is 0 Å². The number of nitrogens with one attached hydrogen (secondary N) is 1. The third-order valence-electron chi connectivity index (χ3n) is 4.68. The third-order valence-corrected chi connectivity index (χ3v) is 4.93. The fraction of sp³-hybridized carbons (Fsp3) is 0.120. The normalized spacial score (nSPS) is 10.6. The highest BCUT2D eigenvalue weighted by Gasteiger charge is 2.20. The van der Waals surface area contributed by atoms with E-state index < -0.39 is 5.97 Å². The van der Waals surface area contributed by atoms with Gasteiger partial charge in [0, 0.05) is 16.1 Å². The molecule has 0 atom stereocenters. The zero-order valence-electron chi connectivity index (χ0n) is 17.0. The minimum absolute atomic E-state index is 0.278. The number of halogens is 1. The molecule has 1 N–H and O–H groups in total.